The smallest absolute Gasteiger partial charge is 0.405 e. The van der Waals surface area contributed by atoms with Gasteiger partial charge in [0.2, 0.25) is 0 Å². The normalized spacial score (nSPS) is 16.5. The Hall–Kier alpha value is -2.73. The Balaban J connectivity index is 1.60. The van der Waals surface area contributed by atoms with Crippen molar-refractivity contribution in [2.75, 3.05) is 19.6 Å². The lowest BCUT2D eigenvalue weighted by Crippen LogP contribution is -2.42. The molecule has 3 rings (SSSR count). The van der Waals surface area contributed by atoms with Crippen LogP contribution in [-0.2, 0) is 11.2 Å². The first-order chi connectivity index (χ1) is 15.2. The van der Waals surface area contributed by atoms with Gasteiger partial charge in [0, 0.05) is 18.0 Å². The molecule has 1 fully saturated rings. The van der Waals surface area contributed by atoms with Crippen molar-refractivity contribution in [3.8, 4) is 0 Å². The first kappa shape index (κ1) is 23.9. The zero-order valence-corrected chi connectivity index (χ0v) is 18.9. The van der Waals surface area contributed by atoms with Gasteiger partial charge in [0.05, 0.1) is 0 Å². The molecule has 0 radical (unpaired) electrons. The number of amides is 1. The highest BCUT2D eigenvalue weighted by Crippen LogP contribution is 2.27. The Morgan fingerprint density at radius 1 is 1.09 bits per heavy atom. The number of primary amides is 1. The number of likely N-dealkylation sites (tertiary alicyclic amines) is 1. The Bertz CT molecular complexity index is 891. The summed E-state index contributed by atoms with van der Waals surface area (Å²) in [5, 5.41) is 0. The molecule has 0 aliphatic carbocycles. The van der Waals surface area contributed by atoms with Gasteiger partial charge in [-0.1, -0.05) is 30.3 Å². The molecule has 0 bridgehead atoms. The van der Waals surface area contributed by atoms with Gasteiger partial charge in [-0.05, 0) is 88.4 Å². The van der Waals surface area contributed by atoms with Crippen LogP contribution in [-0.4, -0.2) is 42.0 Å². The molecule has 1 aliphatic rings. The van der Waals surface area contributed by atoms with Crippen LogP contribution in [0.3, 0.4) is 0 Å². The number of Topliss-reactive ketones (excluding diaryl/α,β-unsaturated/α-hetero) is 1. The second-order valence-corrected chi connectivity index (χ2v) is 9.39. The van der Waals surface area contributed by atoms with Gasteiger partial charge in [-0.3, -0.25) is 4.79 Å². The second kappa shape index (κ2) is 10.7. The highest BCUT2D eigenvalue weighted by Gasteiger charge is 2.31. The fourth-order valence-electron chi connectivity index (χ4n) is 4.75. The van der Waals surface area contributed by atoms with Gasteiger partial charge >= 0.3 is 6.09 Å². The molecular weight excluding hydrogens is 407 g/mol. The lowest BCUT2D eigenvalue weighted by Gasteiger charge is -2.36. The number of hydrogen-bond donors (Lipinski definition) is 1. The van der Waals surface area contributed by atoms with Crippen molar-refractivity contribution in [3.05, 3.63) is 71.5 Å². The predicted octanol–water partition coefficient (Wildman–Crippen LogP) is 4.84. The number of halogens is 1. The molecule has 1 amide bonds. The highest BCUT2D eigenvalue weighted by atomic mass is 19.1. The molecule has 1 atom stereocenters. The minimum atomic E-state index is -0.756. The number of ether oxygens (including phenoxy) is 1. The van der Waals surface area contributed by atoms with Crippen LogP contribution < -0.4 is 5.73 Å². The number of benzene rings is 2. The fourth-order valence-corrected chi connectivity index (χ4v) is 4.75. The van der Waals surface area contributed by atoms with E-state index in [4.69, 9.17) is 10.5 Å². The molecule has 172 valence electrons. The Morgan fingerprint density at radius 3 is 2.31 bits per heavy atom. The summed E-state index contributed by atoms with van der Waals surface area (Å²) in [5.41, 5.74) is 6.44. The number of rotatable bonds is 9. The largest absolute Gasteiger partial charge is 0.444 e. The predicted molar refractivity (Wildman–Crippen MR) is 123 cm³/mol. The average Bonchev–Trinajstić information content (AvgIpc) is 2.74. The quantitative estimate of drug-likeness (QED) is 0.566. The van der Waals surface area contributed by atoms with E-state index in [9.17, 15) is 14.0 Å². The number of nitrogens with zero attached hydrogens (tertiary/aromatic N) is 1. The zero-order chi connectivity index (χ0) is 23.1. The molecule has 2 aromatic carbocycles. The maximum atomic E-state index is 13.2. The molecule has 5 nitrogen and oxygen atoms in total. The minimum absolute atomic E-state index is 0.0288. The zero-order valence-electron chi connectivity index (χ0n) is 18.9. The van der Waals surface area contributed by atoms with Gasteiger partial charge in [-0.25, -0.2) is 9.18 Å². The van der Waals surface area contributed by atoms with E-state index in [-0.39, 0.29) is 23.4 Å². The monoisotopic (exact) mass is 440 g/mol. The van der Waals surface area contributed by atoms with Gasteiger partial charge in [-0.15, -0.1) is 0 Å². The van der Waals surface area contributed by atoms with Crippen LogP contribution in [0.2, 0.25) is 0 Å². The van der Waals surface area contributed by atoms with Gasteiger partial charge in [0.15, 0.2) is 5.78 Å². The first-order valence-corrected chi connectivity index (χ1v) is 11.3. The number of carbonyl (C=O) groups is 2. The lowest BCUT2D eigenvalue weighted by atomic mass is 9.85. The Labute approximate surface area is 189 Å². The van der Waals surface area contributed by atoms with Crippen LogP contribution in [0.1, 0.15) is 49.0 Å². The van der Waals surface area contributed by atoms with Crippen molar-refractivity contribution in [1.82, 2.24) is 4.90 Å². The summed E-state index contributed by atoms with van der Waals surface area (Å²) in [4.78, 5) is 26.5. The van der Waals surface area contributed by atoms with Crippen LogP contribution >= 0.6 is 0 Å². The van der Waals surface area contributed by atoms with E-state index in [2.05, 4.69) is 17.0 Å². The van der Waals surface area contributed by atoms with Gasteiger partial charge in [0.1, 0.15) is 11.4 Å². The molecule has 1 heterocycles. The van der Waals surface area contributed by atoms with Gasteiger partial charge in [-0.2, -0.15) is 0 Å². The van der Waals surface area contributed by atoms with Crippen molar-refractivity contribution in [2.24, 2.45) is 17.6 Å². The van der Waals surface area contributed by atoms with Crippen LogP contribution in [0.4, 0.5) is 9.18 Å². The number of piperidine rings is 1. The summed E-state index contributed by atoms with van der Waals surface area (Å²) in [6, 6.07) is 16.1. The molecular formula is C26H33FN2O3. The molecule has 0 aromatic heterocycles. The van der Waals surface area contributed by atoms with Crippen molar-refractivity contribution in [1.29, 1.82) is 0 Å². The third-order valence-corrected chi connectivity index (χ3v) is 6.13. The molecule has 1 unspecified atom stereocenters. The SMILES string of the molecule is CC(C)(CC(Cc1ccccc1)CN1CCC(C(=O)c2ccc(F)cc2)CC1)OC(N)=O. The number of ketones is 1. The van der Waals surface area contributed by atoms with E-state index >= 15 is 0 Å². The molecule has 1 aliphatic heterocycles. The summed E-state index contributed by atoms with van der Waals surface area (Å²) in [7, 11) is 0. The third kappa shape index (κ3) is 7.16. The van der Waals surface area contributed by atoms with Gasteiger partial charge < -0.3 is 15.4 Å². The summed E-state index contributed by atoms with van der Waals surface area (Å²) < 4.78 is 18.5. The molecule has 6 heteroatoms. The summed E-state index contributed by atoms with van der Waals surface area (Å²) in [6.07, 6.45) is 2.39. The van der Waals surface area contributed by atoms with Crippen LogP contribution in [0.15, 0.2) is 54.6 Å². The van der Waals surface area contributed by atoms with E-state index < -0.39 is 11.7 Å². The van der Waals surface area contributed by atoms with Crippen molar-refractivity contribution >= 4 is 11.9 Å². The molecule has 2 N–H and O–H groups in total. The fraction of sp³-hybridized carbons (Fsp3) is 0.462. The van der Waals surface area contributed by atoms with Crippen LogP contribution in [0.5, 0.6) is 0 Å². The average molecular weight is 441 g/mol. The summed E-state index contributed by atoms with van der Waals surface area (Å²) in [5.74, 6) is 0.0144. The molecule has 2 aromatic rings. The van der Waals surface area contributed by atoms with Crippen LogP contribution in [0.25, 0.3) is 0 Å². The van der Waals surface area contributed by atoms with Crippen molar-refractivity contribution < 1.29 is 18.7 Å². The summed E-state index contributed by atoms with van der Waals surface area (Å²) >= 11 is 0. The molecule has 32 heavy (non-hydrogen) atoms. The number of nitrogens with two attached hydrogens (primary N) is 1. The van der Waals surface area contributed by atoms with Gasteiger partial charge in [0.25, 0.3) is 0 Å². The topological polar surface area (TPSA) is 72.6 Å². The van der Waals surface area contributed by atoms with E-state index in [1.165, 1.54) is 17.7 Å². The number of hydrogen-bond acceptors (Lipinski definition) is 4. The minimum Gasteiger partial charge on any atom is -0.444 e. The third-order valence-electron chi connectivity index (χ3n) is 6.13. The highest BCUT2D eigenvalue weighted by molar-refractivity contribution is 5.97. The van der Waals surface area contributed by atoms with Crippen molar-refractivity contribution in [3.63, 3.8) is 0 Å². The Morgan fingerprint density at radius 2 is 1.72 bits per heavy atom. The standard InChI is InChI=1S/C26H33FN2O3/c1-26(2,32-25(28)31)17-20(16-19-6-4-3-5-7-19)18-29-14-12-22(13-15-29)24(30)21-8-10-23(27)11-9-21/h3-11,20,22H,12-18H2,1-2H3,(H2,28,31). The first-order valence-electron chi connectivity index (χ1n) is 11.3. The molecule has 1 saturated heterocycles. The summed E-state index contributed by atoms with van der Waals surface area (Å²) in [6.45, 7) is 6.31. The van der Waals surface area contributed by atoms with E-state index in [0.29, 0.717) is 12.0 Å². The van der Waals surface area contributed by atoms with E-state index in [1.54, 1.807) is 12.1 Å². The number of carbonyl (C=O) groups excluding carboxylic acids is 2. The second-order valence-electron chi connectivity index (χ2n) is 9.39. The maximum Gasteiger partial charge on any atom is 0.405 e. The molecule has 0 spiro atoms. The maximum absolute atomic E-state index is 13.2. The van der Waals surface area contributed by atoms with E-state index in [1.807, 2.05) is 32.0 Å². The lowest BCUT2D eigenvalue weighted by molar-refractivity contribution is 0.0200. The van der Waals surface area contributed by atoms with Crippen molar-refractivity contribution in [2.45, 2.75) is 45.1 Å². The van der Waals surface area contributed by atoms with Crippen LogP contribution in [0, 0.1) is 17.7 Å². The molecule has 0 saturated carbocycles. The Kier molecular flexibility index (Phi) is 8.02. The van der Waals surface area contributed by atoms with E-state index in [0.717, 1.165) is 38.9 Å².